The Hall–Kier alpha value is -0.910. The van der Waals surface area contributed by atoms with Gasteiger partial charge in [-0.2, -0.15) is 0 Å². The van der Waals surface area contributed by atoms with Gasteiger partial charge in [0.05, 0.1) is 4.90 Å². The molecular weight excluding hydrogens is 236 g/mol. The van der Waals surface area contributed by atoms with Crippen molar-refractivity contribution in [2.75, 3.05) is 34.2 Å². The highest BCUT2D eigenvalue weighted by Gasteiger charge is 2.19. The van der Waals surface area contributed by atoms with Crippen molar-refractivity contribution in [2.24, 2.45) is 0 Å². The van der Waals surface area contributed by atoms with Gasteiger partial charge in [-0.1, -0.05) is 18.2 Å². The lowest BCUT2D eigenvalue weighted by atomic mass is 10.4. The molecule has 17 heavy (non-hydrogen) atoms. The van der Waals surface area contributed by atoms with E-state index in [9.17, 15) is 8.42 Å². The summed E-state index contributed by atoms with van der Waals surface area (Å²) in [5.74, 6) is 0. The van der Waals surface area contributed by atoms with E-state index in [2.05, 4.69) is 6.07 Å². The summed E-state index contributed by atoms with van der Waals surface area (Å²) in [6.45, 7) is 1.39. The van der Waals surface area contributed by atoms with Crippen molar-refractivity contribution < 1.29 is 8.42 Å². The molecule has 1 radical (unpaired) electrons. The fraction of sp³-hybridized carbons (Fsp3) is 0.500. The molecule has 0 fully saturated rings. The number of hydrogen-bond acceptors (Lipinski definition) is 3. The molecule has 0 aliphatic heterocycles. The smallest absolute Gasteiger partial charge is 0.243 e. The molecule has 4 nitrogen and oxygen atoms in total. The fourth-order valence-electron chi connectivity index (χ4n) is 1.43. The van der Waals surface area contributed by atoms with Gasteiger partial charge in [0.15, 0.2) is 0 Å². The normalized spacial score (nSPS) is 12.3. The summed E-state index contributed by atoms with van der Waals surface area (Å²) in [4.78, 5) is 2.27. The van der Waals surface area contributed by atoms with Crippen molar-refractivity contribution in [3.8, 4) is 0 Å². The number of hydrogen-bond donors (Lipinski definition) is 0. The van der Waals surface area contributed by atoms with Gasteiger partial charge in [-0.15, -0.1) is 0 Å². The van der Waals surface area contributed by atoms with E-state index in [0.717, 1.165) is 13.0 Å². The van der Waals surface area contributed by atoms with Crippen LogP contribution in [0.15, 0.2) is 29.2 Å². The van der Waals surface area contributed by atoms with E-state index in [0.29, 0.717) is 6.54 Å². The molecule has 0 saturated carbocycles. The molecule has 0 amide bonds. The Balaban J connectivity index is 2.65. The van der Waals surface area contributed by atoms with Gasteiger partial charge in [-0.3, -0.25) is 0 Å². The van der Waals surface area contributed by atoms with E-state index in [4.69, 9.17) is 0 Å². The molecule has 1 rings (SSSR count). The summed E-state index contributed by atoms with van der Waals surface area (Å²) >= 11 is 0. The van der Waals surface area contributed by atoms with Crippen molar-refractivity contribution >= 4 is 10.0 Å². The van der Waals surface area contributed by atoms with E-state index in [-0.39, 0.29) is 4.90 Å². The van der Waals surface area contributed by atoms with Crippen LogP contribution < -0.4 is 0 Å². The maximum absolute atomic E-state index is 12.1. The van der Waals surface area contributed by atoms with E-state index < -0.39 is 10.0 Å². The number of rotatable bonds is 6. The zero-order valence-corrected chi connectivity index (χ0v) is 11.4. The van der Waals surface area contributed by atoms with E-state index >= 15 is 0 Å². The second-order valence-corrected chi connectivity index (χ2v) is 6.22. The van der Waals surface area contributed by atoms with Gasteiger partial charge in [0.25, 0.3) is 0 Å². The highest BCUT2D eigenvalue weighted by Crippen LogP contribution is 2.12. The summed E-state index contributed by atoms with van der Waals surface area (Å²) < 4.78 is 25.6. The lowest BCUT2D eigenvalue weighted by Gasteiger charge is -2.18. The lowest BCUT2D eigenvalue weighted by molar-refractivity contribution is 0.370. The largest absolute Gasteiger partial charge is 0.309 e. The van der Waals surface area contributed by atoms with Crippen LogP contribution in [0.2, 0.25) is 0 Å². The maximum Gasteiger partial charge on any atom is 0.243 e. The predicted octanol–water partition coefficient (Wildman–Crippen LogP) is 1.06. The average Bonchev–Trinajstić information content (AvgIpc) is 2.29. The molecule has 95 valence electrons. The van der Waals surface area contributed by atoms with Crippen LogP contribution in [0.25, 0.3) is 0 Å². The lowest BCUT2D eigenvalue weighted by Crippen LogP contribution is -2.29. The van der Waals surface area contributed by atoms with Gasteiger partial charge < -0.3 is 4.90 Å². The number of nitrogens with zero attached hydrogens (tertiary/aromatic N) is 2. The van der Waals surface area contributed by atoms with Crippen LogP contribution in [0, 0.1) is 6.07 Å². The first-order valence-corrected chi connectivity index (χ1v) is 6.96. The summed E-state index contributed by atoms with van der Waals surface area (Å²) in [6.07, 6.45) is 0.815. The van der Waals surface area contributed by atoms with Gasteiger partial charge in [0.1, 0.15) is 0 Å². The Morgan fingerprint density at radius 3 is 2.41 bits per heavy atom. The minimum absolute atomic E-state index is 0.229. The predicted molar refractivity (Wildman–Crippen MR) is 68.3 cm³/mol. The van der Waals surface area contributed by atoms with Crippen LogP contribution in [0.4, 0.5) is 0 Å². The Bertz CT molecular complexity index is 429. The third kappa shape index (κ3) is 4.11. The Morgan fingerprint density at radius 2 is 1.88 bits per heavy atom. The first kappa shape index (κ1) is 14.2. The minimum atomic E-state index is -3.38. The average molecular weight is 255 g/mol. The summed E-state index contributed by atoms with van der Waals surface area (Å²) in [7, 11) is 2.17. The standard InChI is InChI=1S/C12H19N2O2S/c1-13(2)10-7-11-14(3)17(15,16)12-8-5-4-6-9-12/h4-6,8H,7,10-11H2,1-3H3. The Labute approximate surface area is 104 Å². The van der Waals surface area contributed by atoms with Crippen LogP contribution in [0.5, 0.6) is 0 Å². The molecular formula is C12H19N2O2S. The van der Waals surface area contributed by atoms with E-state index in [1.807, 2.05) is 19.0 Å². The first-order chi connectivity index (χ1) is 7.94. The molecule has 0 atom stereocenters. The molecule has 0 saturated heterocycles. The number of benzene rings is 1. The molecule has 0 bridgehead atoms. The van der Waals surface area contributed by atoms with Crippen molar-refractivity contribution in [3.05, 3.63) is 30.3 Å². The quantitative estimate of drug-likeness (QED) is 0.763. The molecule has 0 unspecified atom stereocenters. The van der Waals surface area contributed by atoms with Crippen molar-refractivity contribution in [2.45, 2.75) is 11.3 Å². The third-order valence-electron chi connectivity index (χ3n) is 2.45. The third-order valence-corrected chi connectivity index (χ3v) is 4.26. The van der Waals surface area contributed by atoms with Crippen LogP contribution in [0.1, 0.15) is 6.42 Å². The highest BCUT2D eigenvalue weighted by atomic mass is 32.2. The Morgan fingerprint density at radius 1 is 1.18 bits per heavy atom. The van der Waals surface area contributed by atoms with Crippen LogP contribution in [-0.4, -0.2) is 51.9 Å². The molecule has 0 aromatic heterocycles. The van der Waals surface area contributed by atoms with Crippen LogP contribution >= 0.6 is 0 Å². The SMILES string of the molecule is CN(C)CCCN(C)S(=O)(=O)c1[c]cccc1. The molecule has 1 aromatic carbocycles. The minimum Gasteiger partial charge on any atom is -0.309 e. The van der Waals surface area contributed by atoms with Gasteiger partial charge in [-0.05, 0) is 33.1 Å². The van der Waals surface area contributed by atoms with Crippen molar-refractivity contribution in [1.29, 1.82) is 0 Å². The van der Waals surface area contributed by atoms with E-state index in [1.165, 1.54) is 4.31 Å². The Kier molecular flexibility index (Phi) is 5.11. The fourth-order valence-corrected chi connectivity index (χ4v) is 2.61. The molecule has 0 aliphatic rings. The molecule has 0 aliphatic carbocycles. The maximum atomic E-state index is 12.1. The van der Waals surface area contributed by atoms with E-state index in [1.54, 1.807) is 31.3 Å². The van der Waals surface area contributed by atoms with Gasteiger partial charge in [-0.25, -0.2) is 12.7 Å². The summed E-state index contributed by atoms with van der Waals surface area (Å²) in [5.41, 5.74) is 0. The number of sulfonamides is 1. The van der Waals surface area contributed by atoms with Gasteiger partial charge in [0.2, 0.25) is 10.0 Å². The zero-order valence-electron chi connectivity index (χ0n) is 10.5. The molecule has 0 spiro atoms. The second-order valence-electron chi connectivity index (χ2n) is 4.21. The van der Waals surface area contributed by atoms with Crippen molar-refractivity contribution in [3.63, 3.8) is 0 Å². The molecule has 0 heterocycles. The topological polar surface area (TPSA) is 40.6 Å². The first-order valence-electron chi connectivity index (χ1n) is 5.52. The summed E-state index contributed by atoms with van der Waals surface area (Å²) in [5, 5.41) is 0. The second kappa shape index (κ2) is 6.14. The van der Waals surface area contributed by atoms with Crippen molar-refractivity contribution in [1.82, 2.24) is 9.21 Å². The van der Waals surface area contributed by atoms with Gasteiger partial charge >= 0.3 is 0 Å². The zero-order chi connectivity index (χ0) is 12.9. The highest BCUT2D eigenvalue weighted by molar-refractivity contribution is 7.89. The molecule has 5 heteroatoms. The monoisotopic (exact) mass is 255 g/mol. The summed E-state index contributed by atoms with van der Waals surface area (Å²) in [6, 6.07) is 9.39. The van der Waals surface area contributed by atoms with Gasteiger partial charge in [0, 0.05) is 19.7 Å². The molecule has 0 N–H and O–H groups in total. The molecule has 1 aromatic rings. The van der Waals surface area contributed by atoms with Crippen LogP contribution in [-0.2, 0) is 10.0 Å². The van der Waals surface area contributed by atoms with Crippen LogP contribution in [0.3, 0.4) is 0 Å².